The summed E-state index contributed by atoms with van der Waals surface area (Å²) >= 11 is 6.12. The zero-order chi connectivity index (χ0) is 13.7. The van der Waals surface area contributed by atoms with E-state index in [9.17, 15) is 4.79 Å². The van der Waals surface area contributed by atoms with Crippen molar-refractivity contribution in [3.63, 3.8) is 0 Å². The Morgan fingerprint density at radius 1 is 1.53 bits per heavy atom. The summed E-state index contributed by atoms with van der Waals surface area (Å²) in [6.07, 6.45) is 2.35. The lowest BCUT2D eigenvalue weighted by Crippen LogP contribution is -2.29. The second-order valence-electron chi connectivity index (χ2n) is 4.88. The van der Waals surface area contributed by atoms with Gasteiger partial charge in [0.1, 0.15) is 0 Å². The van der Waals surface area contributed by atoms with Crippen LogP contribution in [-0.2, 0) is 11.3 Å². The molecule has 1 aliphatic heterocycles. The summed E-state index contributed by atoms with van der Waals surface area (Å²) in [5, 5.41) is 3.95. The van der Waals surface area contributed by atoms with E-state index in [-0.39, 0.29) is 0 Å². The molecule has 0 aliphatic carbocycles. The molecule has 1 aromatic carbocycles. The van der Waals surface area contributed by atoms with Crippen molar-refractivity contribution >= 4 is 17.5 Å². The van der Waals surface area contributed by atoms with Gasteiger partial charge in [0.2, 0.25) is 5.91 Å². The van der Waals surface area contributed by atoms with Crippen LogP contribution in [0.4, 0.5) is 0 Å². The molecule has 1 unspecified atom stereocenters. The molecular weight excluding hydrogens is 264 g/mol. The van der Waals surface area contributed by atoms with Gasteiger partial charge in [0.05, 0.1) is 6.61 Å². The summed E-state index contributed by atoms with van der Waals surface area (Å²) in [6.45, 7) is 3.33. The molecule has 0 spiro atoms. The normalized spacial score (nSPS) is 19.3. The van der Waals surface area contributed by atoms with E-state index in [2.05, 4.69) is 5.32 Å². The van der Waals surface area contributed by atoms with E-state index in [1.165, 1.54) is 6.42 Å². The molecule has 0 aromatic heterocycles. The lowest BCUT2D eigenvalue weighted by Gasteiger charge is -2.22. The molecule has 0 radical (unpaired) electrons. The Balaban J connectivity index is 1.83. The summed E-state index contributed by atoms with van der Waals surface area (Å²) in [6, 6.07) is 5.16. The van der Waals surface area contributed by atoms with Crippen molar-refractivity contribution in [1.29, 1.82) is 0 Å². The van der Waals surface area contributed by atoms with Gasteiger partial charge in [0.15, 0.2) is 0 Å². The summed E-state index contributed by atoms with van der Waals surface area (Å²) in [5.41, 5.74) is 6.62. The van der Waals surface area contributed by atoms with Crippen LogP contribution in [0.2, 0.25) is 5.02 Å². The lowest BCUT2D eigenvalue weighted by atomic mass is 10.0. The number of hydrogen-bond donors (Lipinski definition) is 2. The fraction of sp³-hybridized carbons (Fsp3) is 0.500. The van der Waals surface area contributed by atoms with Crippen LogP contribution in [0, 0.1) is 5.92 Å². The Kier molecular flexibility index (Phi) is 5.19. The first-order chi connectivity index (χ1) is 9.16. The van der Waals surface area contributed by atoms with Gasteiger partial charge in [0.25, 0.3) is 0 Å². The van der Waals surface area contributed by atoms with Crippen molar-refractivity contribution in [2.45, 2.75) is 19.4 Å². The fourth-order valence-corrected chi connectivity index (χ4v) is 2.47. The minimum absolute atomic E-state index is 0.439. The zero-order valence-electron chi connectivity index (χ0n) is 10.8. The van der Waals surface area contributed by atoms with Gasteiger partial charge in [0, 0.05) is 30.3 Å². The fourth-order valence-electron chi connectivity index (χ4n) is 2.22. The number of halogens is 1. The monoisotopic (exact) mass is 282 g/mol. The van der Waals surface area contributed by atoms with Crippen LogP contribution in [0.15, 0.2) is 18.2 Å². The van der Waals surface area contributed by atoms with Gasteiger partial charge in [-0.25, -0.2) is 0 Å². The number of hydrogen-bond acceptors (Lipinski definition) is 3. The minimum atomic E-state index is -0.458. The molecule has 1 heterocycles. The number of nitrogens with one attached hydrogen (secondary N) is 1. The SMILES string of the molecule is NC(=O)c1ccc(CNCC2CCCOC2)c(Cl)c1. The van der Waals surface area contributed by atoms with Gasteiger partial charge in [-0.2, -0.15) is 0 Å². The maximum Gasteiger partial charge on any atom is 0.248 e. The highest BCUT2D eigenvalue weighted by Crippen LogP contribution is 2.18. The third-order valence-electron chi connectivity index (χ3n) is 3.34. The highest BCUT2D eigenvalue weighted by atomic mass is 35.5. The quantitative estimate of drug-likeness (QED) is 0.868. The maximum atomic E-state index is 11.0. The molecule has 1 atom stereocenters. The number of benzene rings is 1. The molecule has 1 aromatic rings. The van der Waals surface area contributed by atoms with Gasteiger partial charge in [-0.3, -0.25) is 4.79 Å². The van der Waals surface area contributed by atoms with Crippen LogP contribution in [-0.4, -0.2) is 25.7 Å². The van der Waals surface area contributed by atoms with Gasteiger partial charge >= 0.3 is 0 Å². The summed E-state index contributed by atoms with van der Waals surface area (Å²) in [5.74, 6) is 0.123. The van der Waals surface area contributed by atoms with Crippen LogP contribution in [0.1, 0.15) is 28.8 Å². The highest BCUT2D eigenvalue weighted by Gasteiger charge is 2.13. The number of carbonyl (C=O) groups excluding carboxylic acids is 1. The van der Waals surface area contributed by atoms with Gasteiger partial charge in [-0.15, -0.1) is 0 Å². The first kappa shape index (κ1) is 14.3. The average molecular weight is 283 g/mol. The molecule has 2 rings (SSSR count). The van der Waals surface area contributed by atoms with E-state index >= 15 is 0 Å². The first-order valence-corrected chi connectivity index (χ1v) is 6.91. The van der Waals surface area contributed by atoms with Crippen molar-refractivity contribution in [3.05, 3.63) is 34.3 Å². The Labute approximate surface area is 118 Å². The molecule has 0 saturated carbocycles. The third-order valence-corrected chi connectivity index (χ3v) is 3.69. The Bertz CT molecular complexity index is 445. The lowest BCUT2D eigenvalue weighted by molar-refractivity contribution is 0.0547. The van der Waals surface area contributed by atoms with E-state index in [1.54, 1.807) is 12.1 Å². The summed E-state index contributed by atoms with van der Waals surface area (Å²) in [7, 11) is 0. The molecule has 19 heavy (non-hydrogen) atoms. The van der Waals surface area contributed by atoms with Gasteiger partial charge in [-0.1, -0.05) is 17.7 Å². The summed E-state index contributed by atoms with van der Waals surface area (Å²) in [4.78, 5) is 11.0. The van der Waals surface area contributed by atoms with Crippen LogP contribution in [0.25, 0.3) is 0 Å². The van der Waals surface area contributed by atoms with E-state index in [1.807, 2.05) is 6.07 Å². The van der Waals surface area contributed by atoms with Crippen LogP contribution >= 0.6 is 11.6 Å². The number of ether oxygens (including phenoxy) is 1. The van der Waals surface area contributed by atoms with E-state index in [4.69, 9.17) is 22.1 Å². The largest absolute Gasteiger partial charge is 0.381 e. The van der Waals surface area contributed by atoms with Crippen LogP contribution in [0.5, 0.6) is 0 Å². The number of nitrogens with two attached hydrogens (primary N) is 1. The predicted molar refractivity (Wildman–Crippen MR) is 75.2 cm³/mol. The molecular formula is C14H19ClN2O2. The molecule has 0 bridgehead atoms. The predicted octanol–water partition coefficient (Wildman–Crippen LogP) is 1.96. The van der Waals surface area contributed by atoms with Gasteiger partial charge < -0.3 is 15.8 Å². The van der Waals surface area contributed by atoms with Crippen LogP contribution < -0.4 is 11.1 Å². The topological polar surface area (TPSA) is 64.4 Å². The van der Waals surface area contributed by atoms with Crippen molar-refractivity contribution in [3.8, 4) is 0 Å². The molecule has 1 fully saturated rings. The molecule has 1 aliphatic rings. The highest BCUT2D eigenvalue weighted by molar-refractivity contribution is 6.31. The molecule has 1 amide bonds. The Hall–Kier alpha value is -1.10. The van der Waals surface area contributed by atoms with E-state index in [0.717, 1.165) is 31.7 Å². The number of primary amides is 1. The summed E-state index contributed by atoms with van der Waals surface area (Å²) < 4.78 is 5.43. The number of carbonyl (C=O) groups is 1. The van der Waals surface area contributed by atoms with E-state index in [0.29, 0.717) is 23.0 Å². The second-order valence-corrected chi connectivity index (χ2v) is 5.29. The molecule has 3 N–H and O–H groups in total. The zero-order valence-corrected chi connectivity index (χ0v) is 11.6. The molecule has 1 saturated heterocycles. The average Bonchev–Trinajstić information content (AvgIpc) is 2.41. The number of amides is 1. The third kappa shape index (κ3) is 4.20. The van der Waals surface area contributed by atoms with Crippen LogP contribution in [0.3, 0.4) is 0 Å². The standard InChI is InChI=1S/C14H19ClN2O2/c15-13-6-11(14(16)18)3-4-12(13)8-17-7-10-2-1-5-19-9-10/h3-4,6,10,17H,1-2,5,7-9H2,(H2,16,18). The van der Waals surface area contributed by atoms with Gasteiger partial charge in [-0.05, 0) is 36.5 Å². The Morgan fingerprint density at radius 2 is 2.37 bits per heavy atom. The molecule has 4 nitrogen and oxygen atoms in total. The first-order valence-electron chi connectivity index (χ1n) is 6.53. The maximum absolute atomic E-state index is 11.0. The molecule has 104 valence electrons. The van der Waals surface area contributed by atoms with E-state index < -0.39 is 5.91 Å². The minimum Gasteiger partial charge on any atom is -0.381 e. The van der Waals surface area contributed by atoms with Crippen molar-refractivity contribution in [1.82, 2.24) is 5.32 Å². The second kappa shape index (κ2) is 6.89. The van der Waals surface area contributed by atoms with Crippen molar-refractivity contribution < 1.29 is 9.53 Å². The smallest absolute Gasteiger partial charge is 0.248 e. The Morgan fingerprint density at radius 3 is 3.00 bits per heavy atom. The van der Waals surface area contributed by atoms with Crippen molar-refractivity contribution in [2.24, 2.45) is 11.7 Å². The van der Waals surface area contributed by atoms with Crippen molar-refractivity contribution in [2.75, 3.05) is 19.8 Å². The number of rotatable bonds is 5. The molecule has 5 heteroatoms.